The quantitative estimate of drug-likeness (QED) is 0.165. The van der Waals surface area contributed by atoms with Crippen LogP contribution in [-0.4, -0.2) is 0 Å². The van der Waals surface area contributed by atoms with E-state index in [1.807, 2.05) is 91.0 Å². The Morgan fingerprint density at radius 1 is 0.142 bits per heavy atom. The molecule has 0 radical (unpaired) electrons. The highest BCUT2D eigenvalue weighted by Crippen LogP contribution is 2.44. The average molecular weight is 1550 g/mol. The smallest absolute Gasteiger partial charge is 0.143 e. The van der Waals surface area contributed by atoms with Crippen LogP contribution in [0.5, 0.6) is 0 Å². The highest BCUT2D eigenvalue weighted by atomic mass is 16.3. The summed E-state index contributed by atoms with van der Waals surface area (Å²) in [5.74, 6) is 0. The predicted octanol–water partition coefficient (Wildman–Crippen LogP) is 33.4. The first-order chi connectivity index (χ1) is 59.0. The van der Waals surface area contributed by atoms with Crippen molar-refractivity contribution in [1.82, 2.24) is 0 Å². The highest BCUT2D eigenvalue weighted by molar-refractivity contribution is 6.17. The third-order valence-electron chi connectivity index (χ3n) is 22.8. The topological polar surface area (TPSA) is 78.8 Å². The van der Waals surface area contributed by atoms with Crippen molar-refractivity contribution in [3.8, 4) is 66.8 Å². The Morgan fingerprint density at radius 3 is 1.01 bits per heavy atom. The van der Waals surface area contributed by atoms with Crippen LogP contribution in [0.15, 0.2) is 427 Å². The van der Waals surface area contributed by atoms with Gasteiger partial charge < -0.3 is 26.5 Å². The molecule has 0 spiro atoms. The number of hydrogen-bond acceptors (Lipinski definition) is 6. The van der Waals surface area contributed by atoms with E-state index in [1.165, 1.54) is 154 Å². The molecule has 0 atom stereocenters. The molecule has 0 N–H and O–H groups in total. The van der Waals surface area contributed by atoms with Crippen LogP contribution in [0.1, 0.15) is 33.4 Å². The molecule has 24 aromatic rings. The summed E-state index contributed by atoms with van der Waals surface area (Å²) < 4.78 is 36.1. The summed E-state index contributed by atoms with van der Waals surface area (Å²) in [7, 11) is 0. The maximum atomic E-state index is 6.17. The summed E-state index contributed by atoms with van der Waals surface area (Å²) in [6.45, 7) is 12.7. The van der Waals surface area contributed by atoms with Gasteiger partial charge in [0, 0.05) is 75.8 Å². The van der Waals surface area contributed by atoms with Gasteiger partial charge >= 0.3 is 0 Å². The van der Waals surface area contributed by atoms with Gasteiger partial charge in [0.25, 0.3) is 0 Å². The van der Waals surface area contributed by atoms with Crippen molar-refractivity contribution in [2.24, 2.45) is 0 Å². The van der Waals surface area contributed by atoms with Crippen LogP contribution in [0, 0.1) is 41.5 Å². The lowest BCUT2D eigenvalue weighted by Crippen LogP contribution is -1.83. The van der Waals surface area contributed by atoms with Crippen molar-refractivity contribution in [2.75, 3.05) is 0 Å². The SMILES string of the molecule is Cc1ccc(-c2cccc3oc4ccccc4c23)cc1.Cc1ccc(-c2ccccc2)c2c1oc1ccccc12.Cc1cccc(-c2cccc3oc4ccccc4c23)c1.Cc1cccc2c1oc1c(-c3ccccc3)cccc12.Cc1ccccc1-c1cccc2c1oc1ccccc12.Cc1ccccc1-c1cccc2oc3ccccc3c12. The van der Waals surface area contributed by atoms with Crippen LogP contribution in [0.3, 0.4) is 0 Å². The Balaban J connectivity index is 0.0000000952. The second kappa shape index (κ2) is 32.8. The Hall–Kier alpha value is -15.2. The lowest BCUT2D eigenvalue weighted by Gasteiger charge is -2.07. The molecule has 6 nitrogen and oxygen atoms in total. The lowest BCUT2D eigenvalue weighted by molar-refractivity contribution is 0.665. The first-order valence-electron chi connectivity index (χ1n) is 40.8. The van der Waals surface area contributed by atoms with E-state index in [1.54, 1.807) is 0 Å². The molecule has 0 aliphatic heterocycles. The molecule has 0 aliphatic rings. The maximum Gasteiger partial charge on any atom is 0.143 e. The van der Waals surface area contributed by atoms with Crippen molar-refractivity contribution in [1.29, 1.82) is 0 Å². The fraction of sp³-hybridized carbons (Fsp3) is 0.0526. The van der Waals surface area contributed by atoms with E-state index in [0.29, 0.717) is 0 Å². The van der Waals surface area contributed by atoms with Crippen LogP contribution >= 0.6 is 0 Å². The molecule has 0 amide bonds. The molecular formula is C114H84O6. The molecule has 0 fully saturated rings. The first-order valence-corrected chi connectivity index (χ1v) is 40.8. The van der Waals surface area contributed by atoms with Gasteiger partial charge in [-0.1, -0.05) is 363 Å². The van der Waals surface area contributed by atoms with Gasteiger partial charge in [-0.2, -0.15) is 0 Å². The van der Waals surface area contributed by atoms with Crippen LogP contribution in [0.2, 0.25) is 0 Å². The van der Waals surface area contributed by atoms with Gasteiger partial charge in [-0.15, -0.1) is 0 Å². The normalized spacial score (nSPS) is 11.2. The number of benzene rings is 18. The molecule has 576 valence electrons. The van der Waals surface area contributed by atoms with E-state index in [0.717, 1.165) is 78.1 Å². The number of furan rings is 6. The first kappa shape index (κ1) is 74.8. The molecule has 0 saturated heterocycles. The number of para-hydroxylation sites is 8. The van der Waals surface area contributed by atoms with Gasteiger partial charge in [-0.25, -0.2) is 0 Å². The van der Waals surface area contributed by atoms with Crippen molar-refractivity contribution < 1.29 is 26.5 Å². The number of hydrogen-bond donors (Lipinski definition) is 0. The summed E-state index contributed by atoms with van der Waals surface area (Å²) >= 11 is 0. The van der Waals surface area contributed by atoms with Crippen molar-refractivity contribution in [3.63, 3.8) is 0 Å². The fourth-order valence-corrected chi connectivity index (χ4v) is 16.9. The Kier molecular flexibility index (Phi) is 20.5. The van der Waals surface area contributed by atoms with E-state index in [2.05, 4.69) is 351 Å². The average Bonchev–Trinajstić information content (AvgIpc) is 1.37. The van der Waals surface area contributed by atoms with Crippen molar-refractivity contribution in [3.05, 3.63) is 434 Å². The molecule has 0 saturated carbocycles. The zero-order valence-electron chi connectivity index (χ0n) is 67.6. The monoisotopic (exact) mass is 1550 g/mol. The molecule has 24 rings (SSSR count). The minimum Gasteiger partial charge on any atom is -0.456 e. The zero-order chi connectivity index (χ0) is 81.2. The van der Waals surface area contributed by atoms with Gasteiger partial charge in [-0.05, 0) is 168 Å². The van der Waals surface area contributed by atoms with Crippen molar-refractivity contribution >= 4 is 132 Å². The number of aryl methyl sites for hydroxylation is 6. The molecule has 120 heavy (non-hydrogen) atoms. The molecular weight excluding hydrogens is 1470 g/mol. The number of rotatable bonds is 6. The Morgan fingerprint density at radius 2 is 0.458 bits per heavy atom. The maximum absolute atomic E-state index is 6.17. The van der Waals surface area contributed by atoms with E-state index >= 15 is 0 Å². The summed E-state index contributed by atoms with van der Waals surface area (Å²) in [5.41, 5.74) is 33.6. The minimum atomic E-state index is 0.946. The van der Waals surface area contributed by atoms with Gasteiger partial charge in [-0.3, -0.25) is 0 Å². The minimum absolute atomic E-state index is 0.946. The third-order valence-corrected chi connectivity index (χ3v) is 22.8. The van der Waals surface area contributed by atoms with Crippen molar-refractivity contribution in [2.45, 2.75) is 41.5 Å². The van der Waals surface area contributed by atoms with E-state index in [9.17, 15) is 0 Å². The van der Waals surface area contributed by atoms with Crippen LogP contribution in [0.25, 0.3) is 198 Å². The van der Waals surface area contributed by atoms with Crippen LogP contribution < -0.4 is 0 Å². The molecule has 0 unspecified atom stereocenters. The van der Waals surface area contributed by atoms with Crippen LogP contribution in [-0.2, 0) is 0 Å². The molecule has 18 aromatic carbocycles. The van der Waals surface area contributed by atoms with Gasteiger partial charge in [0.05, 0.1) is 0 Å². The second-order valence-electron chi connectivity index (χ2n) is 30.7. The van der Waals surface area contributed by atoms with Gasteiger partial charge in [0.15, 0.2) is 0 Å². The third kappa shape index (κ3) is 14.5. The molecule has 6 aromatic heterocycles. The van der Waals surface area contributed by atoms with Crippen LogP contribution in [0.4, 0.5) is 0 Å². The standard InChI is InChI=1S/6C19H14O/c1-13-6-4-7-14(12-13)15-9-5-11-18-19(15)16-8-2-3-10-17(16)20-18;1-13-7-2-3-8-14(13)16-10-6-11-17-15-9-4-5-12-18(15)20-19(16)17;1-13-7-2-3-8-14(13)15-10-6-12-18-19(15)16-9-4-5-11-17(16)20-18;1-13-9-11-14(12-10-13)15-6-4-8-18-19(15)16-5-2-3-7-17(16)20-18;1-13-7-5-11-16-17-12-6-10-15(19(17)20-18(13)16)14-8-3-2-4-9-14;1-13-11-12-15(14-7-3-2-4-8-14)18-16-9-5-6-10-17(16)20-19(13)18/h6*2-12H,1H3. The second-order valence-corrected chi connectivity index (χ2v) is 30.7. The summed E-state index contributed by atoms with van der Waals surface area (Å²) in [4.78, 5) is 0. The zero-order valence-corrected chi connectivity index (χ0v) is 67.6. The van der Waals surface area contributed by atoms with E-state index < -0.39 is 0 Å². The fourth-order valence-electron chi connectivity index (χ4n) is 16.9. The molecule has 0 aliphatic carbocycles. The largest absolute Gasteiger partial charge is 0.456 e. The molecule has 6 heterocycles. The molecule has 0 bridgehead atoms. The van der Waals surface area contributed by atoms with Gasteiger partial charge in [0.1, 0.15) is 67.0 Å². The summed E-state index contributed by atoms with van der Waals surface area (Å²) in [6, 6.07) is 138. The highest BCUT2D eigenvalue weighted by Gasteiger charge is 2.20. The van der Waals surface area contributed by atoms with E-state index in [-0.39, 0.29) is 0 Å². The molecule has 6 heteroatoms. The predicted molar refractivity (Wildman–Crippen MR) is 503 cm³/mol. The Labute approximate surface area is 695 Å². The Bertz CT molecular complexity index is 7850. The lowest BCUT2D eigenvalue weighted by atomic mass is 9.96. The number of fused-ring (bicyclic) bond motifs is 18. The summed E-state index contributed by atoms with van der Waals surface area (Å²) in [6.07, 6.45) is 0. The van der Waals surface area contributed by atoms with E-state index in [4.69, 9.17) is 26.5 Å². The van der Waals surface area contributed by atoms with Gasteiger partial charge in [0.2, 0.25) is 0 Å². The summed E-state index contributed by atoms with van der Waals surface area (Å²) in [5, 5.41) is 14.3.